The predicted octanol–water partition coefficient (Wildman–Crippen LogP) is 7.54. The van der Waals surface area contributed by atoms with E-state index in [0.29, 0.717) is 45.5 Å². The van der Waals surface area contributed by atoms with E-state index < -0.39 is 5.91 Å². The normalized spacial score (nSPS) is 11.0. The van der Waals surface area contributed by atoms with Crippen LogP contribution in [-0.2, 0) is 11.4 Å². The number of nitrogens with one attached hydrogen (secondary N) is 1. The van der Waals surface area contributed by atoms with Crippen LogP contribution in [0.1, 0.15) is 23.6 Å². The summed E-state index contributed by atoms with van der Waals surface area (Å²) in [5, 5.41) is 12.9. The molecule has 0 saturated heterocycles. The van der Waals surface area contributed by atoms with E-state index in [9.17, 15) is 10.1 Å². The first-order chi connectivity index (χ1) is 16.3. The minimum atomic E-state index is -0.527. The SMILES string of the molecule is CCOc1cc(/C=C(\C#N)C(=O)Nc2cc(Cl)ccc2C)cc(Br)c1OCc1ccc(I)cc1. The number of anilines is 1. The zero-order chi connectivity index (χ0) is 24.7. The third kappa shape index (κ3) is 6.98. The van der Waals surface area contributed by atoms with E-state index in [1.807, 2.05) is 44.2 Å². The maximum absolute atomic E-state index is 12.7. The van der Waals surface area contributed by atoms with Gasteiger partial charge in [0, 0.05) is 14.3 Å². The predicted molar refractivity (Wildman–Crippen MR) is 147 cm³/mol. The number of nitriles is 1. The highest BCUT2D eigenvalue weighted by Gasteiger charge is 2.15. The molecule has 3 aromatic rings. The Labute approximate surface area is 226 Å². The van der Waals surface area contributed by atoms with Crippen molar-refractivity contribution in [1.29, 1.82) is 5.26 Å². The molecule has 1 N–H and O–H groups in total. The zero-order valence-corrected chi connectivity index (χ0v) is 23.0. The van der Waals surface area contributed by atoms with Crippen LogP contribution < -0.4 is 14.8 Å². The number of rotatable bonds is 8. The fraction of sp³-hybridized carbons (Fsp3) is 0.154. The number of aryl methyl sites for hydroxylation is 1. The lowest BCUT2D eigenvalue weighted by atomic mass is 10.1. The van der Waals surface area contributed by atoms with Gasteiger partial charge in [-0.25, -0.2) is 0 Å². The molecule has 0 aliphatic rings. The summed E-state index contributed by atoms with van der Waals surface area (Å²) in [7, 11) is 0. The first-order valence-electron chi connectivity index (χ1n) is 10.3. The number of ether oxygens (including phenoxy) is 2. The fourth-order valence-corrected chi connectivity index (χ4v) is 4.15. The van der Waals surface area contributed by atoms with E-state index in [0.717, 1.165) is 14.7 Å². The van der Waals surface area contributed by atoms with Crippen LogP contribution in [0, 0.1) is 21.8 Å². The first kappa shape index (κ1) is 26.1. The van der Waals surface area contributed by atoms with E-state index in [1.165, 1.54) is 6.08 Å². The van der Waals surface area contributed by atoms with E-state index >= 15 is 0 Å². The number of hydrogen-bond acceptors (Lipinski definition) is 4. The van der Waals surface area contributed by atoms with Crippen molar-refractivity contribution in [1.82, 2.24) is 0 Å². The minimum absolute atomic E-state index is 0.0544. The molecule has 0 aliphatic heterocycles. The first-order valence-corrected chi connectivity index (χ1v) is 12.6. The molecule has 0 unspecified atom stereocenters. The highest BCUT2D eigenvalue weighted by atomic mass is 127. The van der Waals surface area contributed by atoms with Crippen LogP contribution in [-0.4, -0.2) is 12.5 Å². The molecule has 0 aliphatic carbocycles. The summed E-state index contributed by atoms with van der Waals surface area (Å²) in [5.41, 5.74) is 2.98. The van der Waals surface area contributed by atoms with Crippen molar-refractivity contribution in [3.8, 4) is 17.6 Å². The fourth-order valence-electron chi connectivity index (χ4n) is 3.04. The molecular weight excluding hydrogens is 631 g/mol. The number of carbonyl (C=O) groups excluding carboxylic acids is 1. The van der Waals surface area contributed by atoms with Crippen LogP contribution in [0.5, 0.6) is 11.5 Å². The van der Waals surface area contributed by atoms with Crippen molar-refractivity contribution in [3.05, 3.63) is 89.9 Å². The van der Waals surface area contributed by atoms with E-state index in [4.69, 9.17) is 21.1 Å². The Morgan fingerprint density at radius 1 is 1.18 bits per heavy atom. The number of carbonyl (C=O) groups is 1. The Bertz CT molecular complexity index is 1270. The molecule has 0 heterocycles. The van der Waals surface area contributed by atoms with E-state index in [2.05, 4.69) is 43.8 Å². The molecule has 0 saturated carbocycles. The van der Waals surface area contributed by atoms with E-state index in [1.54, 1.807) is 30.3 Å². The Kier molecular flexibility index (Phi) is 9.39. The van der Waals surface area contributed by atoms with Crippen LogP contribution in [0.25, 0.3) is 6.08 Å². The van der Waals surface area contributed by atoms with Crippen LogP contribution in [0.2, 0.25) is 5.02 Å². The largest absolute Gasteiger partial charge is 0.490 e. The molecule has 34 heavy (non-hydrogen) atoms. The third-order valence-electron chi connectivity index (χ3n) is 4.75. The van der Waals surface area contributed by atoms with Gasteiger partial charge < -0.3 is 14.8 Å². The summed E-state index contributed by atoms with van der Waals surface area (Å²) in [4.78, 5) is 12.7. The summed E-state index contributed by atoms with van der Waals surface area (Å²) in [6, 6.07) is 18.7. The summed E-state index contributed by atoms with van der Waals surface area (Å²) in [6.45, 7) is 4.53. The van der Waals surface area contributed by atoms with Crippen LogP contribution in [0.3, 0.4) is 0 Å². The molecule has 0 aromatic heterocycles. The Morgan fingerprint density at radius 2 is 1.91 bits per heavy atom. The lowest BCUT2D eigenvalue weighted by molar-refractivity contribution is -0.112. The van der Waals surface area contributed by atoms with Crippen molar-refractivity contribution >= 4 is 67.8 Å². The molecule has 174 valence electrons. The highest BCUT2D eigenvalue weighted by Crippen LogP contribution is 2.38. The molecule has 0 atom stereocenters. The van der Waals surface area contributed by atoms with Crippen molar-refractivity contribution in [3.63, 3.8) is 0 Å². The lowest BCUT2D eigenvalue weighted by Gasteiger charge is -2.15. The number of benzene rings is 3. The van der Waals surface area contributed by atoms with E-state index in [-0.39, 0.29) is 5.57 Å². The molecular formula is C26H21BrClIN2O3. The molecule has 3 rings (SSSR count). The number of nitrogens with zero attached hydrogens (tertiary/aromatic N) is 1. The second-order valence-corrected chi connectivity index (χ2v) is 9.80. The molecule has 0 spiro atoms. The van der Waals surface area contributed by atoms with Crippen molar-refractivity contribution < 1.29 is 14.3 Å². The van der Waals surface area contributed by atoms with Gasteiger partial charge in [-0.15, -0.1) is 0 Å². The van der Waals surface area contributed by atoms with Gasteiger partial charge in [-0.3, -0.25) is 4.79 Å². The van der Waals surface area contributed by atoms with Crippen molar-refractivity contribution in [2.24, 2.45) is 0 Å². The minimum Gasteiger partial charge on any atom is -0.490 e. The molecule has 0 fully saturated rings. The van der Waals surface area contributed by atoms with Gasteiger partial charge in [-0.1, -0.05) is 29.8 Å². The van der Waals surface area contributed by atoms with Crippen molar-refractivity contribution in [2.45, 2.75) is 20.5 Å². The quantitative estimate of drug-likeness (QED) is 0.155. The second kappa shape index (κ2) is 12.2. The van der Waals surface area contributed by atoms with Gasteiger partial charge in [-0.2, -0.15) is 5.26 Å². The molecule has 3 aromatic carbocycles. The summed E-state index contributed by atoms with van der Waals surface area (Å²) >= 11 is 11.8. The van der Waals surface area contributed by atoms with Crippen LogP contribution in [0.4, 0.5) is 5.69 Å². The maximum atomic E-state index is 12.7. The average molecular weight is 652 g/mol. The number of halogens is 3. The summed E-state index contributed by atoms with van der Waals surface area (Å²) in [6.07, 6.45) is 1.51. The Hall–Kier alpha value is -2.54. The average Bonchev–Trinajstić information content (AvgIpc) is 2.80. The van der Waals surface area contributed by atoms with Gasteiger partial charge in [0.1, 0.15) is 18.2 Å². The third-order valence-corrected chi connectivity index (χ3v) is 6.30. The topological polar surface area (TPSA) is 71.3 Å². The van der Waals surface area contributed by atoms with Gasteiger partial charge in [0.25, 0.3) is 5.91 Å². The zero-order valence-electron chi connectivity index (χ0n) is 18.5. The molecule has 8 heteroatoms. The summed E-state index contributed by atoms with van der Waals surface area (Å²) in [5.74, 6) is 0.535. The number of amides is 1. The van der Waals surface area contributed by atoms with Crippen LogP contribution >= 0.6 is 50.1 Å². The summed E-state index contributed by atoms with van der Waals surface area (Å²) < 4.78 is 13.6. The van der Waals surface area contributed by atoms with Gasteiger partial charge in [0.15, 0.2) is 11.5 Å². The molecule has 0 bridgehead atoms. The number of hydrogen-bond donors (Lipinski definition) is 1. The maximum Gasteiger partial charge on any atom is 0.266 e. The lowest BCUT2D eigenvalue weighted by Crippen LogP contribution is -2.14. The Balaban J connectivity index is 1.85. The standard InChI is InChI=1S/C26H21BrClIN2O3/c1-3-33-24-12-18(11-22(27)25(24)34-15-17-5-8-21(29)9-6-17)10-19(14-30)26(32)31-23-13-20(28)7-4-16(23)2/h4-13H,3,15H2,1-2H3,(H,31,32)/b19-10+. The molecule has 1 amide bonds. The van der Waals surface area contributed by atoms with Gasteiger partial charge in [0.2, 0.25) is 0 Å². The second-order valence-electron chi connectivity index (χ2n) is 7.26. The van der Waals surface area contributed by atoms with Crippen LogP contribution in [0.15, 0.2) is 64.6 Å². The van der Waals surface area contributed by atoms with Gasteiger partial charge >= 0.3 is 0 Å². The Morgan fingerprint density at radius 3 is 2.59 bits per heavy atom. The molecule has 5 nitrogen and oxygen atoms in total. The smallest absolute Gasteiger partial charge is 0.266 e. The van der Waals surface area contributed by atoms with Crippen molar-refractivity contribution in [2.75, 3.05) is 11.9 Å². The van der Waals surface area contributed by atoms with Gasteiger partial charge in [-0.05, 0) is 112 Å². The highest BCUT2D eigenvalue weighted by molar-refractivity contribution is 14.1. The van der Waals surface area contributed by atoms with Gasteiger partial charge in [0.05, 0.1) is 11.1 Å². The molecule has 0 radical (unpaired) electrons. The monoisotopic (exact) mass is 650 g/mol.